The highest BCUT2D eigenvalue weighted by atomic mass is 16.2. The molecule has 0 spiro atoms. The van der Waals surface area contributed by atoms with Crippen molar-refractivity contribution in [2.45, 2.75) is 6.04 Å². The van der Waals surface area contributed by atoms with Gasteiger partial charge in [-0.1, -0.05) is 24.3 Å². The number of imidazole rings is 1. The molecule has 0 bridgehead atoms. The molecule has 7 heteroatoms. The van der Waals surface area contributed by atoms with Crippen LogP contribution in [0.2, 0.25) is 0 Å². The summed E-state index contributed by atoms with van der Waals surface area (Å²) >= 11 is 0. The lowest BCUT2D eigenvalue weighted by Crippen LogP contribution is -2.33. The summed E-state index contributed by atoms with van der Waals surface area (Å²) in [4.78, 5) is 16.5. The van der Waals surface area contributed by atoms with E-state index in [-0.39, 0.29) is 12.1 Å². The molecule has 0 fully saturated rings. The van der Waals surface area contributed by atoms with Gasteiger partial charge >= 0.3 is 6.03 Å². The number of H-pyrrole nitrogens is 2. The highest BCUT2D eigenvalue weighted by molar-refractivity contribution is 5.92. The second-order valence-corrected chi connectivity index (χ2v) is 6.13. The molecule has 1 atom stereocenters. The summed E-state index contributed by atoms with van der Waals surface area (Å²) in [6.07, 6.45) is 3.68. The lowest BCUT2D eigenvalue weighted by atomic mass is 10.0. The van der Waals surface area contributed by atoms with E-state index in [0.29, 0.717) is 6.54 Å². The predicted octanol–water partition coefficient (Wildman–Crippen LogP) is 3.08. The number of anilines is 1. The maximum absolute atomic E-state index is 12.3. The van der Waals surface area contributed by atoms with Crippen molar-refractivity contribution in [3.63, 3.8) is 0 Å². The first-order valence-corrected chi connectivity index (χ1v) is 8.12. The van der Waals surface area contributed by atoms with Crippen molar-refractivity contribution in [1.29, 1.82) is 0 Å². The van der Waals surface area contributed by atoms with Crippen LogP contribution in [0.25, 0.3) is 22.3 Å². The van der Waals surface area contributed by atoms with E-state index in [1.165, 1.54) is 11.1 Å². The average molecular weight is 332 g/mol. The van der Waals surface area contributed by atoms with Crippen LogP contribution in [0.4, 0.5) is 10.5 Å². The zero-order valence-corrected chi connectivity index (χ0v) is 13.3. The number of nitrogens with zero attached hydrogens (tertiary/aromatic N) is 2. The van der Waals surface area contributed by atoms with Crippen LogP contribution in [0.15, 0.2) is 55.0 Å². The van der Waals surface area contributed by atoms with Crippen molar-refractivity contribution in [3.8, 4) is 11.3 Å². The van der Waals surface area contributed by atoms with Gasteiger partial charge in [-0.05, 0) is 23.8 Å². The molecule has 4 aromatic rings. The molecule has 0 radical (unpaired) electrons. The van der Waals surface area contributed by atoms with Crippen LogP contribution in [-0.4, -0.2) is 32.3 Å². The van der Waals surface area contributed by atoms with Gasteiger partial charge in [0.2, 0.25) is 0 Å². The van der Waals surface area contributed by atoms with Gasteiger partial charge in [0.05, 0.1) is 35.3 Å². The molecule has 7 nitrogen and oxygen atoms in total. The molecule has 0 saturated heterocycles. The fourth-order valence-electron chi connectivity index (χ4n) is 3.41. The van der Waals surface area contributed by atoms with Crippen molar-refractivity contribution in [1.82, 2.24) is 25.1 Å². The lowest BCUT2D eigenvalue weighted by Gasteiger charge is -2.16. The SMILES string of the molecule is O=C(NCC1c2ccccc2-c2cncn21)Nc1ccc2[nH][nH]c2c1. The van der Waals surface area contributed by atoms with E-state index in [4.69, 9.17) is 0 Å². The summed E-state index contributed by atoms with van der Waals surface area (Å²) in [5, 5.41) is 11.8. The number of aromatic amines is 2. The first-order valence-electron chi connectivity index (χ1n) is 8.12. The van der Waals surface area contributed by atoms with E-state index in [2.05, 4.69) is 42.5 Å². The van der Waals surface area contributed by atoms with Crippen LogP contribution in [0.3, 0.4) is 0 Å². The number of carbonyl (C=O) groups excluding carboxylic acids is 1. The molecule has 2 aromatic heterocycles. The van der Waals surface area contributed by atoms with E-state index in [1.54, 1.807) is 0 Å². The van der Waals surface area contributed by atoms with Gasteiger partial charge in [0.25, 0.3) is 0 Å². The average Bonchev–Trinajstić information content (AvgIpc) is 3.17. The number of amides is 2. The molecule has 2 aromatic carbocycles. The molecule has 3 heterocycles. The van der Waals surface area contributed by atoms with Crippen LogP contribution >= 0.6 is 0 Å². The second-order valence-electron chi connectivity index (χ2n) is 6.13. The van der Waals surface area contributed by atoms with E-state index >= 15 is 0 Å². The largest absolute Gasteiger partial charge is 0.335 e. The van der Waals surface area contributed by atoms with Gasteiger partial charge in [-0.15, -0.1) is 0 Å². The molecule has 1 aliphatic rings. The third-order valence-electron chi connectivity index (χ3n) is 4.66. The van der Waals surface area contributed by atoms with Gasteiger partial charge in [-0.2, -0.15) is 0 Å². The third kappa shape index (κ3) is 2.20. The molecular formula is C18H16N6O. The third-order valence-corrected chi connectivity index (χ3v) is 4.66. The molecule has 5 rings (SSSR count). The monoisotopic (exact) mass is 332 g/mol. The number of hydrogen-bond donors (Lipinski definition) is 4. The van der Waals surface area contributed by atoms with E-state index in [0.717, 1.165) is 22.4 Å². The normalized spacial score (nSPS) is 15.1. The molecular weight excluding hydrogens is 316 g/mol. The molecule has 2 amide bonds. The first kappa shape index (κ1) is 13.9. The Morgan fingerprint density at radius 1 is 1.16 bits per heavy atom. The van der Waals surface area contributed by atoms with Crippen LogP contribution in [0.1, 0.15) is 11.6 Å². The summed E-state index contributed by atoms with van der Waals surface area (Å²) in [5.41, 5.74) is 6.22. The summed E-state index contributed by atoms with van der Waals surface area (Å²) in [5.74, 6) is 0. The summed E-state index contributed by atoms with van der Waals surface area (Å²) in [7, 11) is 0. The molecule has 124 valence electrons. The number of fused-ring (bicyclic) bond motifs is 4. The van der Waals surface area contributed by atoms with Gasteiger partial charge in [0.15, 0.2) is 0 Å². The summed E-state index contributed by atoms with van der Waals surface area (Å²) in [6, 6.07) is 13.7. The van der Waals surface area contributed by atoms with Crippen molar-refractivity contribution < 1.29 is 4.79 Å². The number of urea groups is 1. The Labute approximate surface area is 143 Å². The summed E-state index contributed by atoms with van der Waals surface area (Å²) < 4.78 is 2.10. The van der Waals surface area contributed by atoms with Gasteiger partial charge < -0.3 is 15.2 Å². The smallest absolute Gasteiger partial charge is 0.319 e. The number of hydrogen-bond acceptors (Lipinski definition) is 2. The fourth-order valence-corrected chi connectivity index (χ4v) is 3.41. The Morgan fingerprint density at radius 3 is 2.88 bits per heavy atom. The second kappa shape index (κ2) is 5.27. The van der Waals surface area contributed by atoms with Gasteiger partial charge in [-0.25, -0.2) is 9.78 Å². The van der Waals surface area contributed by atoms with Crippen molar-refractivity contribution in [2.75, 3.05) is 11.9 Å². The van der Waals surface area contributed by atoms with Crippen LogP contribution < -0.4 is 10.6 Å². The van der Waals surface area contributed by atoms with Crippen LogP contribution in [0.5, 0.6) is 0 Å². The topological polar surface area (TPSA) is 90.5 Å². The minimum atomic E-state index is -0.224. The molecule has 1 unspecified atom stereocenters. The van der Waals surface area contributed by atoms with Crippen LogP contribution in [0, 0.1) is 0 Å². The zero-order chi connectivity index (χ0) is 16.8. The van der Waals surface area contributed by atoms with Crippen molar-refractivity contribution >= 4 is 22.8 Å². The predicted molar refractivity (Wildman–Crippen MR) is 95.5 cm³/mol. The lowest BCUT2D eigenvalue weighted by molar-refractivity contribution is 0.251. The van der Waals surface area contributed by atoms with Gasteiger partial charge in [-0.3, -0.25) is 10.2 Å². The molecule has 4 N–H and O–H groups in total. The maximum atomic E-state index is 12.3. The highest BCUT2D eigenvalue weighted by Crippen LogP contribution is 2.38. The van der Waals surface area contributed by atoms with E-state index in [1.807, 2.05) is 42.9 Å². The summed E-state index contributed by atoms with van der Waals surface area (Å²) in [6.45, 7) is 0.497. The van der Waals surface area contributed by atoms with Crippen LogP contribution in [-0.2, 0) is 0 Å². The minimum Gasteiger partial charge on any atom is -0.335 e. The van der Waals surface area contributed by atoms with E-state index < -0.39 is 0 Å². The number of benzene rings is 2. The Bertz CT molecular complexity index is 1070. The Balaban J connectivity index is 1.31. The van der Waals surface area contributed by atoms with Gasteiger partial charge in [0.1, 0.15) is 0 Å². The fraction of sp³-hybridized carbons (Fsp3) is 0.111. The number of rotatable bonds is 3. The van der Waals surface area contributed by atoms with Crippen molar-refractivity contribution in [3.05, 3.63) is 60.6 Å². The van der Waals surface area contributed by atoms with Gasteiger partial charge in [0, 0.05) is 17.8 Å². The molecule has 0 aliphatic carbocycles. The Kier molecular flexibility index (Phi) is 2.93. The Morgan fingerprint density at radius 2 is 2.04 bits per heavy atom. The standard InChI is InChI=1S/C18H16N6O/c25-18(21-11-5-6-14-15(7-11)23-22-14)20-9-17-13-4-2-1-3-12(13)16-8-19-10-24(16)17/h1-8,10,17,22-23H,9H2,(H2,20,21,25). The molecule has 0 saturated carbocycles. The highest BCUT2D eigenvalue weighted by Gasteiger charge is 2.28. The number of carbonyl (C=O) groups is 1. The number of aromatic nitrogens is 4. The van der Waals surface area contributed by atoms with Crippen molar-refractivity contribution in [2.24, 2.45) is 0 Å². The quantitative estimate of drug-likeness (QED) is 0.464. The number of nitrogens with one attached hydrogen (secondary N) is 4. The van der Waals surface area contributed by atoms with E-state index in [9.17, 15) is 4.79 Å². The minimum absolute atomic E-state index is 0.0575. The molecule has 1 aliphatic heterocycles. The Hall–Kier alpha value is -3.48. The molecule has 25 heavy (non-hydrogen) atoms. The maximum Gasteiger partial charge on any atom is 0.319 e. The zero-order valence-electron chi connectivity index (χ0n) is 13.3. The first-order chi connectivity index (χ1) is 12.3.